The molecule has 2 fully saturated rings. The molecular formula is C20H29N3O2. The molecule has 5 nitrogen and oxygen atoms in total. The minimum atomic E-state index is 0.0164. The Morgan fingerprint density at radius 2 is 1.88 bits per heavy atom. The van der Waals surface area contributed by atoms with Crippen molar-refractivity contribution in [1.82, 2.24) is 9.80 Å². The molecule has 0 radical (unpaired) electrons. The second-order valence-corrected chi connectivity index (χ2v) is 7.38. The molecular weight excluding hydrogens is 314 g/mol. The number of carbonyl (C=O) groups is 2. The molecule has 1 N–H and O–H groups in total. The van der Waals surface area contributed by atoms with Crippen LogP contribution in [0, 0.1) is 5.92 Å². The van der Waals surface area contributed by atoms with Crippen molar-refractivity contribution in [3.63, 3.8) is 0 Å². The summed E-state index contributed by atoms with van der Waals surface area (Å²) in [5.41, 5.74) is 1.24. The number of carbonyl (C=O) groups excluding carboxylic acids is 2. The van der Waals surface area contributed by atoms with Gasteiger partial charge in [0.2, 0.25) is 5.91 Å². The van der Waals surface area contributed by atoms with Gasteiger partial charge in [0.05, 0.1) is 11.3 Å². The van der Waals surface area contributed by atoms with Gasteiger partial charge < -0.3 is 15.1 Å². The Hall–Kier alpha value is -1.88. The Morgan fingerprint density at radius 1 is 1.08 bits per heavy atom. The molecule has 2 amide bonds. The van der Waals surface area contributed by atoms with Crippen molar-refractivity contribution in [3.8, 4) is 0 Å². The SMILES string of the molecule is CN1CCCN(C(=O)c2ccccc2NC(=O)CCC2CCC2)CC1. The van der Waals surface area contributed by atoms with Crippen molar-refractivity contribution in [3.05, 3.63) is 29.8 Å². The molecule has 1 aromatic rings. The molecule has 1 heterocycles. The number of anilines is 1. The monoisotopic (exact) mass is 343 g/mol. The normalized spacial score (nSPS) is 19.2. The highest BCUT2D eigenvalue weighted by Crippen LogP contribution is 2.30. The van der Waals surface area contributed by atoms with Crippen molar-refractivity contribution >= 4 is 17.5 Å². The number of hydrogen-bond acceptors (Lipinski definition) is 3. The highest BCUT2D eigenvalue weighted by molar-refractivity contribution is 6.03. The fourth-order valence-electron chi connectivity index (χ4n) is 3.53. The van der Waals surface area contributed by atoms with Gasteiger partial charge in [0.25, 0.3) is 5.91 Å². The summed E-state index contributed by atoms with van der Waals surface area (Å²) < 4.78 is 0. The third kappa shape index (κ3) is 4.82. The molecule has 1 aliphatic heterocycles. The Kier molecular flexibility index (Phi) is 6.08. The number of amides is 2. The average molecular weight is 343 g/mol. The summed E-state index contributed by atoms with van der Waals surface area (Å²) in [5.74, 6) is 0.754. The van der Waals surface area contributed by atoms with Crippen molar-refractivity contribution in [2.75, 3.05) is 38.5 Å². The smallest absolute Gasteiger partial charge is 0.256 e. The van der Waals surface area contributed by atoms with Gasteiger partial charge in [-0.3, -0.25) is 9.59 Å². The van der Waals surface area contributed by atoms with Crippen molar-refractivity contribution in [2.45, 2.75) is 38.5 Å². The Morgan fingerprint density at radius 3 is 2.64 bits per heavy atom. The molecule has 0 aromatic heterocycles. The molecule has 0 spiro atoms. The van der Waals surface area contributed by atoms with E-state index in [0.29, 0.717) is 17.7 Å². The number of likely N-dealkylation sites (N-methyl/N-ethyl adjacent to an activating group) is 1. The van der Waals surface area contributed by atoms with E-state index in [1.165, 1.54) is 19.3 Å². The molecule has 1 saturated carbocycles. The van der Waals surface area contributed by atoms with E-state index in [1.807, 2.05) is 29.2 Å². The van der Waals surface area contributed by atoms with E-state index in [9.17, 15) is 9.59 Å². The van der Waals surface area contributed by atoms with Crippen molar-refractivity contribution in [1.29, 1.82) is 0 Å². The summed E-state index contributed by atoms with van der Waals surface area (Å²) in [6.07, 6.45) is 6.30. The first-order valence-electron chi connectivity index (χ1n) is 9.50. The van der Waals surface area contributed by atoms with E-state index >= 15 is 0 Å². The second kappa shape index (κ2) is 8.48. The lowest BCUT2D eigenvalue weighted by atomic mass is 9.82. The van der Waals surface area contributed by atoms with Gasteiger partial charge in [0.1, 0.15) is 0 Å². The van der Waals surface area contributed by atoms with Gasteiger partial charge in [-0.2, -0.15) is 0 Å². The maximum absolute atomic E-state index is 12.9. The van der Waals surface area contributed by atoms with Gasteiger partial charge in [0, 0.05) is 26.1 Å². The Labute approximate surface area is 150 Å². The minimum absolute atomic E-state index is 0.0164. The van der Waals surface area contributed by atoms with Crippen LogP contribution in [-0.2, 0) is 4.79 Å². The topological polar surface area (TPSA) is 52.6 Å². The zero-order chi connectivity index (χ0) is 17.6. The van der Waals surface area contributed by atoms with E-state index in [2.05, 4.69) is 17.3 Å². The van der Waals surface area contributed by atoms with Crippen LogP contribution in [0.25, 0.3) is 0 Å². The second-order valence-electron chi connectivity index (χ2n) is 7.38. The van der Waals surface area contributed by atoms with E-state index < -0.39 is 0 Å². The Balaban J connectivity index is 1.62. The van der Waals surface area contributed by atoms with E-state index in [1.54, 1.807) is 0 Å². The van der Waals surface area contributed by atoms with Gasteiger partial charge in [0.15, 0.2) is 0 Å². The van der Waals surface area contributed by atoms with Gasteiger partial charge in [-0.15, -0.1) is 0 Å². The molecule has 3 rings (SSSR count). The molecule has 25 heavy (non-hydrogen) atoms. The van der Waals surface area contributed by atoms with Crippen molar-refractivity contribution in [2.24, 2.45) is 5.92 Å². The molecule has 0 unspecified atom stereocenters. The van der Waals surface area contributed by atoms with Crippen LogP contribution < -0.4 is 5.32 Å². The number of benzene rings is 1. The maximum Gasteiger partial charge on any atom is 0.256 e. The first-order chi connectivity index (χ1) is 12.1. The number of hydrogen-bond donors (Lipinski definition) is 1. The summed E-state index contributed by atoms with van der Waals surface area (Å²) in [4.78, 5) is 29.4. The number of nitrogens with zero attached hydrogens (tertiary/aromatic N) is 2. The first kappa shape index (κ1) is 17.9. The zero-order valence-electron chi connectivity index (χ0n) is 15.2. The largest absolute Gasteiger partial charge is 0.337 e. The summed E-state index contributed by atoms with van der Waals surface area (Å²) in [7, 11) is 2.09. The molecule has 2 aliphatic rings. The van der Waals surface area contributed by atoms with Crippen molar-refractivity contribution < 1.29 is 9.59 Å². The van der Waals surface area contributed by atoms with E-state index in [-0.39, 0.29) is 11.8 Å². The van der Waals surface area contributed by atoms with Crippen LogP contribution in [0.15, 0.2) is 24.3 Å². The maximum atomic E-state index is 12.9. The van der Waals surface area contributed by atoms with Gasteiger partial charge in [-0.1, -0.05) is 31.4 Å². The third-order valence-corrected chi connectivity index (χ3v) is 5.44. The number of para-hydroxylation sites is 1. The van der Waals surface area contributed by atoms with Gasteiger partial charge in [-0.05, 0) is 44.5 Å². The summed E-state index contributed by atoms with van der Waals surface area (Å²) >= 11 is 0. The molecule has 1 aliphatic carbocycles. The third-order valence-electron chi connectivity index (χ3n) is 5.44. The standard InChI is InChI=1S/C20H29N3O2/c1-22-12-5-13-23(15-14-22)20(25)17-8-2-3-9-18(17)21-19(24)11-10-16-6-4-7-16/h2-3,8-9,16H,4-7,10-15H2,1H3,(H,21,24). The number of rotatable bonds is 5. The quantitative estimate of drug-likeness (QED) is 0.894. The average Bonchev–Trinajstić information content (AvgIpc) is 2.78. The van der Waals surface area contributed by atoms with Crippen LogP contribution in [0.5, 0.6) is 0 Å². The van der Waals surface area contributed by atoms with Crippen LogP contribution in [0.3, 0.4) is 0 Å². The summed E-state index contributed by atoms with van der Waals surface area (Å²) in [6.45, 7) is 3.41. The summed E-state index contributed by atoms with van der Waals surface area (Å²) in [5, 5.41) is 2.96. The van der Waals surface area contributed by atoms with Gasteiger partial charge >= 0.3 is 0 Å². The highest BCUT2D eigenvalue weighted by atomic mass is 16.2. The fraction of sp³-hybridized carbons (Fsp3) is 0.600. The molecule has 0 bridgehead atoms. The predicted octanol–water partition coefficient (Wildman–Crippen LogP) is 2.98. The number of nitrogens with one attached hydrogen (secondary N) is 1. The molecule has 1 saturated heterocycles. The molecule has 5 heteroatoms. The van der Waals surface area contributed by atoms with Crippen LogP contribution >= 0.6 is 0 Å². The van der Waals surface area contributed by atoms with Crippen LogP contribution in [-0.4, -0.2) is 54.8 Å². The highest BCUT2D eigenvalue weighted by Gasteiger charge is 2.22. The minimum Gasteiger partial charge on any atom is -0.337 e. The van der Waals surface area contributed by atoms with Crippen LogP contribution in [0.1, 0.15) is 48.9 Å². The lowest BCUT2D eigenvalue weighted by Crippen LogP contribution is -2.35. The first-order valence-corrected chi connectivity index (χ1v) is 9.50. The lowest BCUT2D eigenvalue weighted by molar-refractivity contribution is -0.116. The summed E-state index contributed by atoms with van der Waals surface area (Å²) in [6, 6.07) is 7.38. The fourth-order valence-corrected chi connectivity index (χ4v) is 3.53. The molecule has 0 atom stereocenters. The lowest BCUT2D eigenvalue weighted by Gasteiger charge is -2.25. The van der Waals surface area contributed by atoms with E-state index in [4.69, 9.17) is 0 Å². The molecule has 1 aromatic carbocycles. The Bertz CT molecular complexity index is 613. The van der Waals surface area contributed by atoms with Crippen LogP contribution in [0.4, 0.5) is 5.69 Å². The zero-order valence-corrected chi connectivity index (χ0v) is 15.2. The van der Waals surface area contributed by atoms with Crippen LogP contribution in [0.2, 0.25) is 0 Å². The predicted molar refractivity (Wildman–Crippen MR) is 99.7 cm³/mol. The van der Waals surface area contributed by atoms with Gasteiger partial charge in [-0.25, -0.2) is 0 Å². The molecule has 136 valence electrons. The van der Waals surface area contributed by atoms with E-state index in [0.717, 1.165) is 44.9 Å².